The van der Waals surface area contributed by atoms with E-state index in [9.17, 15) is 0 Å². The average molecular weight is 154 g/mol. The molecule has 0 N–H and O–H groups in total. The summed E-state index contributed by atoms with van der Waals surface area (Å²) >= 11 is 0. The van der Waals surface area contributed by atoms with Gasteiger partial charge in [-0.25, -0.2) is 0 Å². The summed E-state index contributed by atoms with van der Waals surface area (Å²) in [5, 5.41) is 0. The minimum atomic E-state index is 0. The van der Waals surface area contributed by atoms with E-state index < -0.39 is 0 Å². The van der Waals surface area contributed by atoms with Crippen LogP contribution in [0.15, 0.2) is 0 Å². The molecule has 0 aliphatic carbocycles. The maximum absolute atomic E-state index is 2.27. The van der Waals surface area contributed by atoms with Crippen LogP contribution in [0.5, 0.6) is 0 Å². The van der Waals surface area contributed by atoms with Gasteiger partial charge in [-0.1, -0.05) is 26.7 Å². The molecule has 0 fully saturated rings. The molecule has 0 heterocycles. The van der Waals surface area contributed by atoms with Gasteiger partial charge in [0.15, 0.2) is 0 Å². The van der Waals surface area contributed by atoms with Crippen LogP contribution in [0.3, 0.4) is 0 Å². The molecule has 0 amide bonds. The van der Waals surface area contributed by atoms with Crippen LogP contribution in [-0.4, -0.2) is 12.3 Å². The SMILES string of the molecule is CCCCPCCCC.[H-].[Li+]. The Labute approximate surface area is 81.0 Å². The largest absolute Gasteiger partial charge is 1.00 e. The average Bonchev–Trinajstić information content (AvgIpc) is 1.89. The van der Waals surface area contributed by atoms with Gasteiger partial charge in [0, 0.05) is 0 Å². The third-order valence-electron chi connectivity index (χ3n) is 1.41. The summed E-state index contributed by atoms with van der Waals surface area (Å²) in [7, 11) is 1.25. The van der Waals surface area contributed by atoms with Gasteiger partial charge in [-0.3, -0.25) is 0 Å². The molecule has 0 rings (SSSR count). The van der Waals surface area contributed by atoms with Crippen LogP contribution in [0, 0.1) is 0 Å². The van der Waals surface area contributed by atoms with Gasteiger partial charge in [-0.15, -0.1) is 8.58 Å². The van der Waals surface area contributed by atoms with Crippen LogP contribution >= 0.6 is 8.58 Å². The molecule has 58 valence electrons. The van der Waals surface area contributed by atoms with Crippen molar-refractivity contribution in [2.24, 2.45) is 0 Å². The molecule has 0 aliphatic heterocycles. The van der Waals surface area contributed by atoms with Gasteiger partial charge in [0.2, 0.25) is 0 Å². The predicted octanol–water partition coefficient (Wildman–Crippen LogP) is 0.382. The van der Waals surface area contributed by atoms with Gasteiger partial charge >= 0.3 is 18.9 Å². The van der Waals surface area contributed by atoms with Crippen molar-refractivity contribution in [1.29, 1.82) is 0 Å². The zero-order valence-electron chi connectivity index (χ0n) is 8.74. The van der Waals surface area contributed by atoms with Crippen LogP contribution in [0.25, 0.3) is 0 Å². The molecule has 0 aromatic heterocycles. The second-order valence-corrected chi connectivity index (χ2v) is 3.96. The normalized spacial score (nSPS) is 9.00. The molecule has 0 aromatic carbocycles. The molecule has 0 spiro atoms. The molecule has 2 heteroatoms. The van der Waals surface area contributed by atoms with Crippen LogP contribution in [0.4, 0.5) is 0 Å². The van der Waals surface area contributed by atoms with Crippen molar-refractivity contribution in [1.82, 2.24) is 0 Å². The second kappa shape index (κ2) is 12.7. The molecule has 0 saturated carbocycles. The van der Waals surface area contributed by atoms with E-state index in [1.165, 1.54) is 46.6 Å². The topological polar surface area (TPSA) is 0 Å². The van der Waals surface area contributed by atoms with E-state index in [4.69, 9.17) is 0 Å². The van der Waals surface area contributed by atoms with E-state index in [1.54, 1.807) is 0 Å². The van der Waals surface area contributed by atoms with E-state index in [0.29, 0.717) is 0 Å². The van der Waals surface area contributed by atoms with E-state index in [2.05, 4.69) is 13.8 Å². The fraction of sp³-hybridized carbons (Fsp3) is 1.00. The molecule has 0 aromatic rings. The molecule has 0 atom stereocenters. The molecule has 0 nitrogen and oxygen atoms in total. The molecular weight excluding hydrogens is 134 g/mol. The smallest absolute Gasteiger partial charge is 1.00 e. The Morgan fingerprint density at radius 3 is 1.70 bits per heavy atom. The van der Waals surface area contributed by atoms with Crippen LogP contribution in [-0.2, 0) is 0 Å². The first-order valence-electron chi connectivity index (χ1n) is 4.12. The fourth-order valence-corrected chi connectivity index (χ4v) is 2.19. The summed E-state index contributed by atoms with van der Waals surface area (Å²) in [6.07, 6.45) is 8.61. The van der Waals surface area contributed by atoms with E-state index in [1.807, 2.05) is 0 Å². The molecule has 0 aliphatic rings. The number of hydrogen-bond acceptors (Lipinski definition) is 0. The van der Waals surface area contributed by atoms with Crippen molar-refractivity contribution in [3.05, 3.63) is 0 Å². The minimum Gasteiger partial charge on any atom is -1.00 e. The standard InChI is InChI=1S/C8H19P.Li.H/c1-3-5-7-9-8-6-4-2;;/h9H,3-8H2,1-2H3;;/q;+1;-1. The quantitative estimate of drug-likeness (QED) is 0.295. The van der Waals surface area contributed by atoms with Gasteiger partial charge < -0.3 is 1.43 Å². The zero-order chi connectivity index (χ0) is 6.95. The number of hydrogen-bond donors (Lipinski definition) is 0. The first-order chi connectivity index (χ1) is 4.41. The summed E-state index contributed by atoms with van der Waals surface area (Å²) < 4.78 is 0. The Bertz CT molecular complexity index is 47.4. The Balaban J connectivity index is -0.000000320. The summed E-state index contributed by atoms with van der Waals surface area (Å²) in [6, 6.07) is 0. The zero-order valence-corrected chi connectivity index (χ0v) is 8.74. The Morgan fingerprint density at radius 2 is 1.40 bits per heavy atom. The third kappa shape index (κ3) is 11.8. The second-order valence-electron chi connectivity index (χ2n) is 2.46. The molecule has 0 unspecified atom stereocenters. The van der Waals surface area contributed by atoms with Gasteiger partial charge in [-0.05, 0) is 25.2 Å². The maximum Gasteiger partial charge on any atom is 1.00 e. The van der Waals surface area contributed by atoms with Gasteiger partial charge in [0.25, 0.3) is 0 Å². The molecule has 0 radical (unpaired) electrons. The Morgan fingerprint density at radius 1 is 1.00 bits per heavy atom. The number of unbranched alkanes of at least 4 members (excludes halogenated alkanes) is 2. The van der Waals surface area contributed by atoms with Gasteiger partial charge in [0.05, 0.1) is 0 Å². The van der Waals surface area contributed by atoms with E-state index in [0.717, 1.165) is 0 Å². The summed E-state index contributed by atoms with van der Waals surface area (Å²) in [4.78, 5) is 0. The van der Waals surface area contributed by atoms with E-state index >= 15 is 0 Å². The summed E-state index contributed by atoms with van der Waals surface area (Å²) in [5.41, 5.74) is 0. The molecule has 0 bridgehead atoms. The van der Waals surface area contributed by atoms with Crippen LogP contribution < -0.4 is 18.9 Å². The van der Waals surface area contributed by atoms with Gasteiger partial charge in [-0.2, -0.15) is 0 Å². The predicted molar refractivity (Wildman–Crippen MR) is 49.0 cm³/mol. The Hall–Kier alpha value is 1.03. The van der Waals surface area contributed by atoms with E-state index in [-0.39, 0.29) is 20.3 Å². The van der Waals surface area contributed by atoms with Crippen molar-refractivity contribution < 1.29 is 20.3 Å². The minimum absolute atomic E-state index is 0. The van der Waals surface area contributed by atoms with Crippen molar-refractivity contribution >= 4 is 8.58 Å². The first kappa shape index (κ1) is 13.6. The van der Waals surface area contributed by atoms with Crippen LogP contribution in [0.2, 0.25) is 0 Å². The van der Waals surface area contributed by atoms with Crippen LogP contribution in [0.1, 0.15) is 41.0 Å². The molecule has 0 saturated heterocycles. The third-order valence-corrected chi connectivity index (χ3v) is 2.83. The van der Waals surface area contributed by atoms with Gasteiger partial charge in [0.1, 0.15) is 0 Å². The summed E-state index contributed by atoms with van der Waals surface area (Å²) in [5.74, 6) is 0. The fourth-order valence-electron chi connectivity index (χ4n) is 0.729. The Kier molecular flexibility index (Phi) is 17.3. The number of rotatable bonds is 6. The molecular formula is C8H20LiP. The monoisotopic (exact) mass is 154 g/mol. The van der Waals surface area contributed by atoms with Crippen molar-refractivity contribution in [2.75, 3.05) is 12.3 Å². The van der Waals surface area contributed by atoms with Crippen molar-refractivity contribution in [3.63, 3.8) is 0 Å². The first-order valence-corrected chi connectivity index (χ1v) is 5.54. The summed E-state index contributed by atoms with van der Waals surface area (Å²) in [6.45, 7) is 4.54. The molecule has 10 heavy (non-hydrogen) atoms. The van der Waals surface area contributed by atoms with Crippen molar-refractivity contribution in [2.45, 2.75) is 39.5 Å². The maximum atomic E-state index is 2.27. The van der Waals surface area contributed by atoms with Crippen molar-refractivity contribution in [3.8, 4) is 0 Å².